The highest BCUT2D eigenvalue weighted by Gasteiger charge is 2.30. The van der Waals surface area contributed by atoms with Gasteiger partial charge in [0.05, 0.1) is 17.2 Å². The van der Waals surface area contributed by atoms with Crippen LogP contribution in [-0.4, -0.2) is 10.9 Å². The van der Waals surface area contributed by atoms with Crippen LogP contribution >= 0.6 is 11.8 Å². The lowest BCUT2D eigenvalue weighted by Crippen LogP contribution is -2.05. The van der Waals surface area contributed by atoms with Crippen LogP contribution < -0.4 is 0 Å². The van der Waals surface area contributed by atoms with Gasteiger partial charge in [0.15, 0.2) is 5.12 Å². The largest absolute Gasteiger partial charge is 0.416 e. The third-order valence-corrected chi connectivity index (χ3v) is 2.95. The molecule has 0 spiro atoms. The van der Waals surface area contributed by atoms with Crippen molar-refractivity contribution in [3.05, 3.63) is 41.0 Å². The van der Waals surface area contributed by atoms with Gasteiger partial charge in [-0.05, 0) is 23.8 Å². The van der Waals surface area contributed by atoms with Crippen molar-refractivity contribution in [2.75, 3.05) is 5.75 Å². The average molecular weight is 285 g/mol. The molecule has 0 saturated carbocycles. The monoisotopic (exact) mass is 285 g/mol. The van der Waals surface area contributed by atoms with Gasteiger partial charge < -0.3 is 0 Å². The molecular formula is C13H10F3NOS. The fraction of sp³-hybridized carbons (Fsp3) is 0.231. The van der Waals surface area contributed by atoms with Gasteiger partial charge in [-0.1, -0.05) is 23.9 Å². The predicted octanol–water partition coefficient (Wildman–Crippen LogP) is 3.87. The Kier molecular flexibility index (Phi) is 5.19. The van der Waals surface area contributed by atoms with Gasteiger partial charge in [0.2, 0.25) is 0 Å². The van der Waals surface area contributed by atoms with E-state index in [4.69, 9.17) is 5.26 Å². The number of hydrogen-bond acceptors (Lipinski definition) is 3. The van der Waals surface area contributed by atoms with Crippen molar-refractivity contribution >= 4 is 23.0 Å². The molecule has 0 bridgehead atoms. The second-order valence-corrected chi connectivity index (χ2v) is 4.81. The molecular weight excluding hydrogens is 275 g/mol. The highest BCUT2D eigenvalue weighted by Crippen LogP contribution is 2.30. The van der Waals surface area contributed by atoms with Crippen LogP contribution in [-0.2, 0) is 11.0 Å². The predicted molar refractivity (Wildman–Crippen MR) is 68.3 cm³/mol. The van der Waals surface area contributed by atoms with Gasteiger partial charge in [0.25, 0.3) is 0 Å². The molecule has 0 aliphatic rings. The zero-order chi connectivity index (χ0) is 14.5. The standard InChI is InChI=1S/C13H10F3NOS/c1-9(18)19-6-2-3-10-7-12(13(14,15)16)5-4-11(10)8-17/h2-5,7H,6H2,1H3. The van der Waals surface area contributed by atoms with Crippen LogP contribution in [0.15, 0.2) is 24.3 Å². The second kappa shape index (κ2) is 6.43. The van der Waals surface area contributed by atoms with E-state index in [1.807, 2.05) is 6.07 Å². The van der Waals surface area contributed by atoms with E-state index in [1.54, 1.807) is 6.08 Å². The minimum absolute atomic E-state index is 0.0748. The van der Waals surface area contributed by atoms with Crippen molar-refractivity contribution in [2.45, 2.75) is 13.1 Å². The molecule has 0 radical (unpaired) electrons. The summed E-state index contributed by atoms with van der Waals surface area (Å²) in [7, 11) is 0. The molecule has 0 heterocycles. The molecule has 1 rings (SSSR count). The maximum Gasteiger partial charge on any atom is 0.416 e. The van der Waals surface area contributed by atoms with E-state index in [2.05, 4.69) is 0 Å². The summed E-state index contributed by atoms with van der Waals surface area (Å²) >= 11 is 1.04. The van der Waals surface area contributed by atoms with E-state index in [-0.39, 0.29) is 16.2 Å². The lowest BCUT2D eigenvalue weighted by molar-refractivity contribution is -0.137. The van der Waals surface area contributed by atoms with Gasteiger partial charge in [-0.25, -0.2) is 0 Å². The van der Waals surface area contributed by atoms with Crippen molar-refractivity contribution in [2.24, 2.45) is 0 Å². The van der Waals surface area contributed by atoms with Crippen LogP contribution in [0.4, 0.5) is 13.2 Å². The number of carbonyl (C=O) groups is 1. The van der Waals surface area contributed by atoms with Crippen molar-refractivity contribution in [3.63, 3.8) is 0 Å². The number of nitriles is 1. The summed E-state index contributed by atoms with van der Waals surface area (Å²) in [5.41, 5.74) is -0.441. The van der Waals surface area contributed by atoms with E-state index >= 15 is 0 Å². The normalized spacial score (nSPS) is 11.5. The lowest BCUT2D eigenvalue weighted by atomic mass is 10.0. The second-order valence-electron chi connectivity index (χ2n) is 3.62. The summed E-state index contributed by atoms with van der Waals surface area (Å²) in [4.78, 5) is 10.7. The van der Waals surface area contributed by atoms with Crippen LogP contribution in [0, 0.1) is 11.3 Å². The first-order valence-electron chi connectivity index (χ1n) is 5.26. The molecule has 0 aliphatic heterocycles. The molecule has 2 nitrogen and oxygen atoms in total. The Labute approximate surface area is 112 Å². The topological polar surface area (TPSA) is 40.9 Å². The zero-order valence-corrected chi connectivity index (χ0v) is 10.8. The van der Waals surface area contributed by atoms with Gasteiger partial charge in [0, 0.05) is 12.7 Å². The highest BCUT2D eigenvalue weighted by molar-refractivity contribution is 8.13. The van der Waals surface area contributed by atoms with Gasteiger partial charge >= 0.3 is 6.18 Å². The van der Waals surface area contributed by atoms with Crippen molar-refractivity contribution < 1.29 is 18.0 Å². The number of carbonyl (C=O) groups excluding carboxylic acids is 1. The molecule has 1 aromatic rings. The Balaban J connectivity index is 2.98. The Morgan fingerprint density at radius 1 is 1.47 bits per heavy atom. The molecule has 0 fully saturated rings. The van der Waals surface area contributed by atoms with E-state index < -0.39 is 11.7 Å². The third kappa shape index (κ3) is 4.79. The first-order chi connectivity index (χ1) is 8.84. The van der Waals surface area contributed by atoms with Crippen LogP contribution in [0.25, 0.3) is 6.08 Å². The van der Waals surface area contributed by atoms with E-state index in [0.717, 1.165) is 30.0 Å². The third-order valence-electron chi connectivity index (χ3n) is 2.18. The van der Waals surface area contributed by atoms with E-state index in [0.29, 0.717) is 5.75 Å². The Bertz CT molecular complexity index is 544. The molecule has 0 aliphatic carbocycles. The number of thioether (sulfide) groups is 1. The first-order valence-corrected chi connectivity index (χ1v) is 6.24. The van der Waals surface area contributed by atoms with Crippen molar-refractivity contribution in [1.82, 2.24) is 0 Å². The first kappa shape index (κ1) is 15.3. The SMILES string of the molecule is CC(=O)SCC=Cc1cc(C(F)(F)F)ccc1C#N. The number of nitrogens with zero attached hydrogens (tertiary/aromatic N) is 1. The van der Waals surface area contributed by atoms with E-state index in [1.165, 1.54) is 13.0 Å². The Hall–Kier alpha value is -1.74. The molecule has 19 heavy (non-hydrogen) atoms. The Morgan fingerprint density at radius 3 is 2.68 bits per heavy atom. The maximum atomic E-state index is 12.5. The molecule has 6 heteroatoms. The molecule has 0 N–H and O–H groups in total. The fourth-order valence-corrected chi connectivity index (χ4v) is 1.75. The molecule has 0 aromatic heterocycles. The van der Waals surface area contributed by atoms with Gasteiger partial charge in [-0.2, -0.15) is 18.4 Å². The fourth-order valence-electron chi connectivity index (χ4n) is 1.32. The summed E-state index contributed by atoms with van der Waals surface area (Å²) < 4.78 is 37.6. The van der Waals surface area contributed by atoms with Crippen molar-refractivity contribution in [3.8, 4) is 6.07 Å². The summed E-state index contributed by atoms with van der Waals surface area (Å²) in [6, 6.07) is 4.77. The molecule has 1 aromatic carbocycles. The number of benzene rings is 1. The van der Waals surface area contributed by atoms with Crippen LogP contribution in [0.1, 0.15) is 23.6 Å². The molecule has 0 unspecified atom stereocenters. The van der Waals surface area contributed by atoms with Gasteiger partial charge in [-0.15, -0.1) is 0 Å². The summed E-state index contributed by atoms with van der Waals surface area (Å²) in [6.07, 6.45) is -1.46. The van der Waals surface area contributed by atoms with Gasteiger partial charge in [-0.3, -0.25) is 4.79 Å². The smallest absolute Gasteiger partial charge is 0.288 e. The number of hydrogen-bond donors (Lipinski definition) is 0. The van der Waals surface area contributed by atoms with Crippen molar-refractivity contribution in [1.29, 1.82) is 5.26 Å². The number of alkyl halides is 3. The lowest BCUT2D eigenvalue weighted by Gasteiger charge is -2.08. The zero-order valence-electron chi connectivity index (χ0n) is 9.99. The van der Waals surface area contributed by atoms with E-state index in [9.17, 15) is 18.0 Å². The summed E-state index contributed by atoms with van der Waals surface area (Å²) in [5, 5.41) is 8.76. The maximum absolute atomic E-state index is 12.5. The number of halogens is 3. The molecule has 0 saturated heterocycles. The molecule has 0 atom stereocenters. The summed E-state index contributed by atoms with van der Waals surface area (Å²) in [5.74, 6) is 0.358. The van der Waals surface area contributed by atoms with Crippen LogP contribution in [0.5, 0.6) is 0 Å². The average Bonchev–Trinajstić information content (AvgIpc) is 2.33. The minimum atomic E-state index is -4.44. The molecule has 0 amide bonds. The minimum Gasteiger partial charge on any atom is -0.288 e. The molecule has 100 valence electrons. The van der Waals surface area contributed by atoms with Crippen LogP contribution in [0.2, 0.25) is 0 Å². The quantitative estimate of drug-likeness (QED) is 0.846. The highest BCUT2D eigenvalue weighted by atomic mass is 32.2. The number of rotatable bonds is 3. The summed E-state index contributed by atoms with van der Waals surface area (Å²) in [6.45, 7) is 1.41. The van der Waals surface area contributed by atoms with Crippen LogP contribution in [0.3, 0.4) is 0 Å². The van der Waals surface area contributed by atoms with Gasteiger partial charge in [0.1, 0.15) is 0 Å². The Morgan fingerprint density at radius 2 is 2.16 bits per heavy atom.